The monoisotopic (exact) mass is 346 g/mol. The third-order valence-corrected chi connectivity index (χ3v) is 4.22. The lowest BCUT2D eigenvalue weighted by Crippen LogP contribution is -2.39. The summed E-state index contributed by atoms with van der Waals surface area (Å²) in [5.41, 5.74) is 1.30. The molecule has 1 heterocycles. The molecular weight excluding hydrogens is 323 g/mol. The minimum absolute atomic E-state index is 0.183. The van der Waals surface area contributed by atoms with Gasteiger partial charge in [-0.1, -0.05) is 12.1 Å². The van der Waals surface area contributed by atoms with Crippen molar-refractivity contribution in [2.45, 2.75) is 58.2 Å². The van der Waals surface area contributed by atoms with E-state index in [0.29, 0.717) is 17.8 Å². The third-order valence-electron chi connectivity index (χ3n) is 4.22. The van der Waals surface area contributed by atoms with Crippen molar-refractivity contribution in [2.24, 2.45) is 0 Å². The van der Waals surface area contributed by atoms with Crippen molar-refractivity contribution >= 4 is 6.03 Å². The van der Waals surface area contributed by atoms with Gasteiger partial charge in [0.15, 0.2) is 5.82 Å². The Morgan fingerprint density at radius 2 is 2.20 bits per heavy atom. The maximum absolute atomic E-state index is 13.9. The fourth-order valence-electron chi connectivity index (χ4n) is 2.92. The smallest absolute Gasteiger partial charge is 0.315 e. The van der Waals surface area contributed by atoms with E-state index in [1.807, 2.05) is 26.8 Å². The number of benzene rings is 1. The Hall–Kier alpha value is -2.51. The molecule has 0 radical (unpaired) electrons. The number of carbonyl (C=O) groups excluding carboxylic acids is 1. The number of urea groups is 1. The minimum atomic E-state index is -0.325. The van der Waals surface area contributed by atoms with E-state index in [9.17, 15) is 9.18 Å². The normalized spacial score (nSPS) is 17.0. The summed E-state index contributed by atoms with van der Waals surface area (Å²) in [5, 5.41) is 17.8. The van der Waals surface area contributed by atoms with E-state index in [2.05, 4.69) is 26.0 Å². The minimum Gasteiger partial charge on any atom is -0.331 e. The molecule has 8 heteroatoms. The summed E-state index contributed by atoms with van der Waals surface area (Å²) < 4.78 is 13.9. The third kappa shape index (κ3) is 3.94. The highest BCUT2D eigenvalue weighted by Crippen LogP contribution is 2.31. The van der Waals surface area contributed by atoms with Crippen LogP contribution in [0.25, 0.3) is 0 Å². The van der Waals surface area contributed by atoms with Gasteiger partial charge < -0.3 is 10.6 Å². The average molecular weight is 346 g/mol. The van der Waals surface area contributed by atoms with Crippen LogP contribution in [-0.2, 0) is 18.5 Å². The topological polar surface area (TPSA) is 84.7 Å². The second-order valence-electron chi connectivity index (χ2n) is 7.25. The van der Waals surface area contributed by atoms with Crippen LogP contribution in [0.1, 0.15) is 56.6 Å². The first-order valence-corrected chi connectivity index (χ1v) is 8.45. The Kier molecular flexibility index (Phi) is 4.69. The Balaban J connectivity index is 1.59. The highest BCUT2D eigenvalue weighted by Gasteiger charge is 2.24. The molecule has 2 aromatic rings. The molecule has 0 fully saturated rings. The summed E-state index contributed by atoms with van der Waals surface area (Å²) in [6, 6.07) is 4.51. The number of rotatable bonds is 3. The van der Waals surface area contributed by atoms with E-state index in [1.165, 1.54) is 10.9 Å². The molecule has 0 saturated heterocycles. The van der Waals surface area contributed by atoms with Gasteiger partial charge >= 0.3 is 6.03 Å². The van der Waals surface area contributed by atoms with E-state index in [-0.39, 0.29) is 30.0 Å². The lowest BCUT2D eigenvalue weighted by molar-refractivity contribution is 0.234. The molecule has 1 atom stereocenters. The molecule has 1 unspecified atom stereocenters. The second-order valence-corrected chi connectivity index (χ2v) is 7.25. The molecule has 2 amide bonds. The summed E-state index contributed by atoms with van der Waals surface area (Å²) >= 11 is 0. The number of halogens is 1. The Morgan fingerprint density at radius 3 is 2.92 bits per heavy atom. The maximum atomic E-state index is 13.9. The van der Waals surface area contributed by atoms with Crippen LogP contribution < -0.4 is 10.6 Å². The van der Waals surface area contributed by atoms with Gasteiger partial charge in [0.25, 0.3) is 0 Å². The molecule has 0 saturated carbocycles. The fraction of sp³-hybridized carbons (Fsp3) is 0.529. The molecule has 25 heavy (non-hydrogen) atoms. The van der Waals surface area contributed by atoms with Gasteiger partial charge in [0.1, 0.15) is 5.82 Å². The van der Waals surface area contributed by atoms with Crippen LogP contribution in [-0.4, -0.2) is 26.2 Å². The zero-order valence-electron chi connectivity index (χ0n) is 14.7. The van der Waals surface area contributed by atoms with Gasteiger partial charge in [0, 0.05) is 0 Å². The molecule has 0 bridgehead atoms. The first kappa shape index (κ1) is 17.3. The van der Waals surface area contributed by atoms with E-state index < -0.39 is 0 Å². The van der Waals surface area contributed by atoms with Crippen molar-refractivity contribution in [1.82, 2.24) is 30.8 Å². The van der Waals surface area contributed by atoms with Crippen molar-refractivity contribution in [3.05, 3.63) is 41.0 Å². The number of amides is 2. The van der Waals surface area contributed by atoms with Gasteiger partial charge in [-0.15, -0.1) is 10.2 Å². The largest absolute Gasteiger partial charge is 0.331 e. The van der Waals surface area contributed by atoms with Crippen LogP contribution in [0.2, 0.25) is 0 Å². The molecule has 0 spiro atoms. The van der Waals surface area contributed by atoms with Gasteiger partial charge in [0.05, 0.1) is 18.1 Å². The van der Waals surface area contributed by atoms with Gasteiger partial charge in [-0.25, -0.2) is 9.18 Å². The van der Waals surface area contributed by atoms with Crippen molar-refractivity contribution < 1.29 is 9.18 Å². The van der Waals surface area contributed by atoms with E-state index in [4.69, 9.17) is 0 Å². The van der Waals surface area contributed by atoms with Gasteiger partial charge in [-0.2, -0.15) is 4.80 Å². The summed E-state index contributed by atoms with van der Waals surface area (Å²) in [4.78, 5) is 13.7. The first-order valence-electron chi connectivity index (χ1n) is 8.45. The number of hydrogen-bond acceptors (Lipinski definition) is 4. The highest BCUT2D eigenvalue weighted by molar-refractivity contribution is 5.74. The number of aromatic nitrogens is 4. The zero-order valence-corrected chi connectivity index (χ0v) is 14.7. The predicted octanol–water partition coefficient (Wildman–Crippen LogP) is 2.44. The second kappa shape index (κ2) is 6.78. The molecule has 1 aliphatic rings. The number of tetrazole rings is 1. The lowest BCUT2D eigenvalue weighted by Gasteiger charge is -2.26. The molecule has 7 nitrogen and oxygen atoms in total. The number of nitrogens with one attached hydrogen (secondary N) is 2. The predicted molar refractivity (Wildman–Crippen MR) is 90.3 cm³/mol. The number of carbonyl (C=O) groups is 1. The summed E-state index contributed by atoms with van der Waals surface area (Å²) in [7, 11) is 0. The Morgan fingerprint density at radius 1 is 1.40 bits per heavy atom. The van der Waals surface area contributed by atoms with Crippen LogP contribution in [0.5, 0.6) is 0 Å². The SMILES string of the molecule is CC(C)(C)n1nnc(CNC(=O)NC2CCCc3c(F)cccc32)n1. The van der Waals surface area contributed by atoms with Crippen LogP contribution in [0, 0.1) is 5.82 Å². The molecule has 1 aromatic carbocycles. The lowest BCUT2D eigenvalue weighted by atomic mass is 9.87. The van der Waals surface area contributed by atoms with Crippen LogP contribution in [0.4, 0.5) is 9.18 Å². The molecule has 1 aliphatic carbocycles. The quantitative estimate of drug-likeness (QED) is 0.894. The average Bonchev–Trinajstić information content (AvgIpc) is 3.03. The standard InChI is InChI=1S/C17H23FN6O/c1-17(2,3)24-22-15(21-23-24)10-19-16(25)20-14-9-5-6-11-12(14)7-4-8-13(11)18/h4,7-8,14H,5-6,9-10H2,1-3H3,(H2,19,20,25). The van der Waals surface area contributed by atoms with Crippen LogP contribution >= 0.6 is 0 Å². The van der Waals surface area contributed by atoms with E-state index >= 15 is 0 Å². The zero-order chi connectivity index (χ0) is 18.0. The molecule has 0 aliphatic heterocycles. The van der Waals surface area contributed by atoms with Crippen molar-refractivity contribution in [1.29, 1.82) is 0 Å². The Bertz CT molecular complexity index is 767. The Labute approximate surface area is 146 Å². The van der Waals surface area contributed by atoms with Crippen molar-refractivity contribution in [2.75, 3.05) is 0 Å². The van der Waals surface area contributed by atoms with Crippen LogP contribution in [0.3, 0.4) is 0 Å². The van der Waals surface area contributed by atoms with Crippen molar-refractivity contribution in [3.8, 4) is 0 Å². The maximum Gasteiger partial charge on any atom is 0.315 e. The summed E-state index contributed by atoms with van der Waals surface area (Å²) in [6.45, 7) is 6.10. The molecular formula is C17H23FN6O. The fourth-order valence-corrected chi connectivity index (χ4v) is 2.92. The molecule has 134 valence electrons. The van der Waals surface area contributed by atoms with Gasteiger partial charge in [0.2, 0.25) is 0 Å². The van der Waals surface area contributed by atoms with Gasteiger partial charge in [-0.3, -0.25) is 0 Å². The van der Waals surface area contributed by atoms with Crippen LogP contribution in [0.15, 0.2) is 18.2 Å². The van der Waals surface area contributed by atoms with E-state index in [0.717, 1.165) is 18.4 Å². The van der Waals surface area contributed by atoms with Crippen molar-refractivity contribution in [3.63, 3.8) is 0 Å². The van der Waals surface area contributed by atoms with E-state index in [1.54, 1.807) is 6.07 Å². The number of nitrogens with zero attached hydrogens (tertiary/aromatic N) is 4. The number of hydrogen-bond donors (Lipinski definition) is 2. The first-order chi connectivity index (χ1) is 11.8. The summed E-state index contributed by atoms with van der Waals surface area (Å²) in [6.07, 6.45) is 2.35. The number of fused-ring (bicyclic) bond motifs is 1. The summed E-state index contributed by atoms with van der Waals surface area (Å²) in [5.74, 6) is 0.243. The van der Waals surface area contributed by atoms with Gasteiger partial charge in [-0.05, 0) is 62.4 Å². The molecule has 3 rings (SSSR count). The highest BCUT2D eigenvalue weighted by atomic mass is 19.1. The molecule has 2 N–H and O–H groups in total. The molecule has 1 aromatic heterocycles.